The van der Waals surface area contributed by atoms with Crippen molar-refractivity contribution in [3.63, 3.8) is 0 Å². The van der Waals surface area contributed by atoms with Gasteiger partial charge in [-0.05, 0) is 68.4 Å². The van der Waals surface area contributed by atoms with Gasteiger partial charge in [0.2, 0.25) is 0 Å². The molecule has 180 valence electrons. The van der Waals surface area contributed by atoms with Crippen molar-refractivity contribution >= 4 is 5.91 Å². The van der Waals surface area contributed by atoms with E-state index < -0.39 is 17.6 Å². The monoisotopic (exact) mass is 464 g/mol. The van der Waals surface area contributed by atoms with Crippen molar-refractivity contribution in [1.29, 1.82) is 0 Å². The number of amides is 1. The van der Waals surface area contributed by atoms with Crippen LogP contribution in [0.1, 0.15) is 52.7 Å². The molecule has 2 aromatic carbocycles. The Bertz CT molecular complexity index is 954. The first-order chi connectivity index (χ1) is 15.7. The molecule has 1 saturated carbocycles. The summed E-state index contributed by atoms with van der Waals surface area (Å²) in [7, 11) is 3.26. The van der Waals surface area contributed by atoms with Crippen LogP contribution in [0.25, 0.3) is 0 Å². The molecule has 0 bridgehead atoms. The predicted molar refractivity (Wildman–Crippen MR) is 121 cm³/mol. The summed E-state index contributed by atoms with van der Waals surface area (Å²) in [5.74, 6) is 1.38. The van der Waals surface area contributed by atoms with Crippen LogP contribution >= 0.6 is 0 Å². The van der Waals surface area contributed by atoms with Gasteiger partial charge in [-0.15, -0.1) is 0 Å². The lowest BCUT2D eigenvalue weighted by Gasteiger charge is -2.29. The molecule has 0 atom stereocenters. The second-order valence-corrected chi connectivity index (χ2v) is 8.57. The second-order valence-electron chi connectivity index (χ2n) is 8.57. The summed E-state index contributed by atoms with van der Waals surface area (Å²) in [6.07, 6.45) is -0.635. The SMILES string of the molecule is COc1ccc(CNC2CCC(CNC(=O)c3cc(C)cc(C(F)(F)F)c3)CC2)c(OC)c1. The zero-order valence-corrected chi connectivity index (χ0v) is 19.2. The number of aryl methyl sites for hydroxylation is 1. The Morgan fingerprint density at radius 1 is 1.03 bits per heavy atom. The van der Waals surface area contributed by atoms with E-state index in [0.29, 0.717) is 30.6 Å². The summed E-state index contributed by atoms with van der Waals surface area (Å²) < 4.78 is 49.7. The predicted octanol–water partition coefficient (Wildman–Crippen LogP) is 5.11. The number of carbonyl (C=O) groups is 1. The number of benzene rings is 2. The molecule has 0 spiro atoms. The highest BCUT2D eigenvalue weighted by molar-refractivity contribution is 5.94. The lowest BCUT2D eigenvalue weighted by Crippen LogP contribution is -2.36. The molecule has 0 aromatic heterocycles. The zero-order chi connectivity index (χ0) is 24.0. The normalized spacial score (nSPS) is 18.6. The molecule has 0 unspecified atom stereocenters. The third kappa shape index (κ3) is 6.87. The van der Waals surface area contributed by atoms with Crippen LogP contribution < -0.4 is 20.1 Å². The minimum absolute atomic E-state index is 0.0473. The summed E-state index contributed by atoms with van der Waals surface area (Å²) >= 11 is 0. The van der Waals surface area contributed by atoms with Gasteiger partial charge in [-0.1, -0.05) is 6.07 Å². The Labute approximate surface area is 192 Å². The average molecular weight is 465 g/mol. The van der Waals surface area contributed by atoms with Crippen LogP contribution in [0.2, 0.25) is 0 Å². The standard InChI is InChI=1S/C25H31F3N2O3/c1-16-10-19(12-20(11-16)25(26,27)28)24(31)30-14-17-4-7-21(8-5-17)29-15-18-6-9-22(32-2)13-23(18)33-3/h6,9-13,17,21,29H,4-5,7-8,14-15H2,1-3H3,(H,30,31). The highest BCUT2D eigenvalue weighted by Gasteiger charge is 2.31. The van der Waals surface area contributed by atoms with Crippen LogP contribution in [0.15, 0.2) is 36.4 Å². The van der Waals surface area contributed by atoms with Gasteiger partial charge in [0.05, 0.1) is 19.8 Å². The zero-order valence-electron chi connectivity index (χ0n) is 19.2. The first kappa shape index (κ1) is 24.9. The number of methoxy groups -OCH3 is 2. The average Bonchev–Trinajstić information content (AvgIpc) is 2.80. The van der Waals surface area contributed by atoms with E-state index in [9.17, 15) is 18.0 Å². The Morgan fingerprint density at radius 2 is 1.76 bits per heavy atom. The van der Waals surface area contributed by atoms with Gasteiger partial charge in [0.15, 0.2) is 0 Å². The van der Waals surface area contributed by atoms with E-state index in [0.717, 1.165) is 54.9 Å². The van der Waals surface area contributed by atoms with Gasteiger partial charge < -0.3 is 20.1 Å². The number of halogens is 3. The molecule has 0 heterocycles. The van der Waals surface area contributed by atoms with Crippen LogP contribution in [-0.4, -0.2) is 32.7 Å². The molecule has 33 heavy (non-hydrogen) atoms. The van der Waals surface area contributed by atoms with E-state index in [1.165, 1.54) is 6.07 Å². The van der Waals surface area contributed by atoms with Crippen molar-refractivity contribution in [2.24, 2.45) is 5.92 Å². The lowest BCUT2D eigenvalue weighted by atomic mass is 9.86. The van der Waals surface area contributed by atoms with E-state index in [2.05, 4.69) is 10.6 Å². The minimum atomic E-state index is -4.47. The van der Waals surface area contributed by atoms with E-state index in [1.807, 2.05) is 18.2 Å². The van der Waals surface area contributed by atoms with E-state index in [4.69, 9.17) is 9.47 Å². The van der Waals surface area contributed by atoms with Crippen LogP contribution in [0.5, 0.6) is 11.5 Å². The van der Waals surface area contributed by atoms with Crippen molar-refractivity contribution in [2.45, 2.75) is 51.4 Å². The van der Waals surface area contributed by atoms with E-state index in [-0.39, 0.29) is 5.56 Å². The summed E-state index contributed by atoms with van der Waals surface area (Å²) in [5.41, 5.74) is 0.720. The molecule has 8 heteroatoms. The van der Waals surface area contributed by atoms with E-state index >= 15 is 0 Å². The molecular formula is C25H31F3N2O3. The smallest absolute Gasteiger partial charge is 0.416 e. The number of hydrogen-bond donors (Lipinski definition) is 2. The van der Waals surface area contributed by atoms with Crippen molar-refractivity contribution in [1.82, 2.24) is 10.6 Å². The van der Waals surface area contributed by atoms with Gasteiger partial charge in [-0.25, -0.2) is 0 Å². The Hall–Kier alpha value is -2.74. The molecule has 0 saturated heterocycles. The lowest BCUT2D eigenvalue weighted by molar-refractivity contribution is -0.137. The molecule has 5 nitrogen and oxygen atoms in total. The molecule has 1 fully saturated rings. The van der Waals surface area contributed by atoms with Gasteiger partial charge in [0.1, 0.15) is 11.5 Å². The van der Waals surface area contributed by atoms with Crippen molar-refractivity contribution < 1.29 is 27.4 Å². The van der Waals surface area contributed by atoms with E-state index in [1.54, 1.807) is 21.1 Å². The van der Waals surface area contributed by atoms with Gasteiger partial charge in [0.25, 0.3) is 5.91 Å². The minimum Gasteiger partial charge on any atom is -0.497 e. The summed E-state index contributed by atoms with van der Waals surface area (Å²) in [6.45, 7) is 2.71. The van der Waals surface area contributed by atoms with Crippen LogP contribution in [-0.2, 0) is 12.7 Å². The molecule has 0 aliphatic heterocycles. The van der Waals surface area contributed by atoms with Crippen molar-refractivity contribution in [2.75, 3.05) is 20.8 Å². The molecule has 1 amide bonds. The number of carbonyl (C=O) groups excluding carboxylic acids is 1. The number of hydrogen-bond acceptors (Lipinski definition) is 4. The van der Waals surface area contributed by atoms with Crippen molar-refractivity contribution in [3.8, 4) is 11.5 Å². The van der Waals surface area contributed by atoms with Crippen LogP contribution in [0.4, 0.5) is 13.2 Å². The maximum absolute atomic E-state index is 13.0. The Morgan fingerprint density at radius 3 is 2.39 bits per heavy atom. The molecule has 2 N–H and O–H groups in total. The number of nitrogens with one attached hydrogen (secondary N) is 2. The number of alkyl halides is 3. The maximum Gasteiger partial charge on any atom is 0.416 e. The first-order valence-corrected chi connectivity index (χ1v) is 11.1. The molecule has 3 rings (SSSR count). The van der Waals surface area contributed by atoms with Crippen molar-refractivity contribution in [3.05, 3.63) is 58.7 Å². The molecule has 0 radical (unpaired) electrons. The first-order valence-electron chi connectivity index (χ1n) is 11.1. The third-order valence-corrected chi connectivity index (χ3v) is 6.14. The van der Waals surface area contributed by atoms with Gasteiger partial charge >= 0.3 is 6.18 Å². The molecular weight excluding hydrogens is 433 g/mol. The summed E-state index contributed by atoms with van der Waals surface area (Å²) in [4.78, 5) is 12.4. The largest absolute Gasteiger partial charge is 0.497 e. The highest BCUT2D eigenvalue weighted by atomic mass is 19.4. The van der Waals surface area contributed by atoms with Crippen LogP contribution in [0.3, 0.4) is 0 Å². The Kier molecular flexibility index (Phi) is 8.24. The summed E-state index contributed by atoms with van der Waals surface area (Å²) in [5, 5.41) is 6.39. The fourth-order valence-corrected chi connectivity index (χ4v) is 4.24. The Balaban J connectivity index is 1.46. The molecule has 1 aliphatic carbocycles. The van der Waals surface area contributed by atoms with Gasteiger partial charge in [-0.3, -0.25) is 4.79 Å². The maximum atomic E-state index is 13.0. The number of rotatable bonds is 8. The topological polar surface area (TPSA) is 59.6 Å². The second kappa shape index (κ2) is 10.9. The molecule has 1 aliphatic rings. The highest BCUT2D eigenvalue weighted by Crippen LogP contribution is 2.31. The van der Waals surface area contributed by atoms with Crippen LogP contribution in [0, 0.1) is 12.8 Å². The number of ether oxygens (including phenoxy) is 2. The third-order valence-electron chi connectivity index (χ3n) is 6.14. The fraction of sp³-hybridized carbons (Fsp3) is 0.480. The van der Waals surface area contributed by atoms with Gasteiger partial charge in [0, 0.05) is 36.3 Å². The van der Waals surface area contributed by atoms with Gasteiger partial charge in [-0.2, -0.15) is 13.2 Å². The fourth-order valence-electron chi connectivity index (χ4n) is 4.24. The summed E-state index contributed by atoms with van der Waals surface area (Å²) in [6, 6.07) is 9.58. The molecule has 2 aromatic rings. The quantitative estimate of drug-likeness (QED) is 0.570.